The number of aromatic nitrogens is 5. The van der Waals surface area contributed by atoms with Crippen molar-refractivity contribution in [2.75, 3.05) is 29.2 Å². The number of para-hydroxylation sites is 3. The molecule has 10 nitrogen and oxygen atoms in total. The Kier molecular flexibility index (Phi) is 8.16. The van der Waals surface area contributed by atoms with Gasteiger partial charge >= 0.3 is 0 Å². The summed E-state index contributed by atoms with van der Waals surface area (Å²) in [6.07, 6.45) is 0. The number of nitrogens with one attached hydrogen (secondary N) is 2. The van der Waals surface area contributed by atoms with E-state index in [1.807, 2.05) is 60.7 Å². The zero-order chi connectivity index (χ0) is 26.3. The summed E-state index contributed by atoms with van der Waals surface area (Å²) in [5.74, 6) is 0.637. The van der Waals surface area contributed by atoms with Crippen molar-refractivity contribution < 1.29 is 14.3 Å². The summed E-state index contributed by atoms with van der Waals surface area (Å²) in [5, 5.41) is 18.0. The molecule has 5 aromatic rings. The summed E-state index contributed by atoms with van der Waals surface area (Å²) in [7, 11) is 1.56. The molecule has 2 heterocycles. The molecule has 0 atom stereocenters. The number of carbonyl (C=O) groups is 2. The molecule has 0 saturated heterocycles. The van der Waals surface area contributed by atoms with Crippen molar-refractivity contribution in [1.82, 2.24) is 25.2 Å². The van der Waals surface area contributed by atoms with Crippen molar-refractivity contribution in [3.05, 3.63) is 72.8 Å². The quantitative estimate of drug-likeness (QED) is 0.232. The van der Waals surface area contributed by atoms with E-state index in [0.717, 1.165) is 20.2 Å². The standard InChI is InChI=1S/C25H21N7O3S3/c1-35-20-10-6-5-9-18(20)27-23(34)15-37-25-28-19-12-11-16(13-21(19)38-25)26-22(33)14-36-24-29-30-31-32(24)17-7-3-2-4-8-17/h2-13H,14-15H2,1H3,(H,26,33)(H,27,34). The van der Waals surface area contributed by atoms with E-state index in [9.17, 15) is 9.59 Å². The molecule has 0 aliphatic heterocycles. The number of thiazole rings is 1. The fraction of sp³-hybridized carbons (Fsp3) is 0.120. The van der Waals surface area contributed by atoms with Crippen LogP contribution >= 0.6 is 34.9 Å². The lowest BCUT2D eigenvalue weighted by Gasteiger charge is -2.09. The Morgan fingerprint density at radius 1 is 0.947 bits per heavy atom. The van der Waals surface area contributed by atoms with E-state index >= 15 is 0 Å². The average Bonchev–Trinajstić information content (AvgIpc) is 3.58. The molecule has 0 bridgehead atoms. The van der Waals surface area contributed by atoms with E-state index in [0.29, 0.717) is 22.3 Å². The summed E-state index contributed by atoms with van der Waals surface area (Å²) >= 11 is 4.07. The fourth-order valence-electron chi connectivity index (χ4n) is 3.43. The van der Waals surface area contributed by atoms with Crippen LogP contribution < -0.4 is 15.4 Å². The maximum atomic E-state index is 12.6. The van der Waals surface area contributed by atoms with Gasteiger partial charge in [0.25, 0.3) is 0 Å². The smallest absolute Gasteiger partial charge is 0.234 e. The third-order valence-electron chi connectivity index (χ3n) is 5.13. The van der Waals surface area contributed by atoms with Gasteiger partial charge in [-0.1, -0.05) is 53.9 Å². The molecular weight excluding hydrogens is 543 g/mol. The number of tetrazole rings is 1. The Bertz CT molecular complexity index is 1570. The second-order valence-corrected chi connectivity index (χ2v) is 10.9. The molecule has 2 amide bonds. The van der Waals surface area contributed by atoms with Gasteiger partial charge in [0, 0.05) is 5.69 Å². The number of carbonyl (C=O) groups excluding carboxylic acids is 2. The molecule has 2 N–H and O–H groups in total. The van der Waals surface area contributed by atoms with Crippen LogP contribution in [0.1, 0.15) is 0 Å². The Labute approximate surface area is 230 Å². The number of ether oxygens (including phenoxy) is 1. The molecule has 5 rings (SSSR count). The summed E-state index contributed by atoms with van der Waals surface area (Å²) in [6.45, 7) is 0. The lowest BCUT2D eigenvalue weighted by Crippen LogP contribution is -2.14. The van der Waals surface area contributed by atoms with Crippen molar-refractivity contribution in [2.24, 2.45) is 0 Å². The van der Waals surface area contributed by atoms with E-state index in [4.69, 9.17) is 4.74 Å². The van der Waals surface area contributed by atoms with Crippen molar-refractivity contribution in [3.8, 4) is 11.4 Å². The maximum absolute atomic E-state index is 12.6. The van der Waals surface area contributed by atoms with Gasteiger partial charge < -0.3 is 15.4 Å². The van der Waals surface area contributed by atoms with E-state index in [-0.39, 0.29) is 23.3 Å². The molecule has 3 aromatic carbocycles. The number of hydrogen-bond acceptors (Lipinski definition) is 10. The molecule has 0 saturated carbocycles. The highest BCUT2D eigenvalue weighted by atomic mass is 32.2. The van der Waals surface area contributed by atoms with Crippen molar-refractivity contribution in [1.29, 1.82) is 0 Å². The van der Waals surface area contributed by atoms with Crippen LogP contribution in [-0.4, -0.2) is 55.6 Å². The van der Waals surface area contributed by atoms with Gasteiger partial charge in [0.05, 0.1) is 40.2 Å². The molecule has 192 valence electrons. The monoisotopic (exact) mass is 563 g/mol. The number of thioether (sulfide) groups is 2. The molecule has 0 aliphatic carbocycles. The van der Waals surface area contributed by atoms with Crippen molar-refractivity contribution in [2.45, 2.75) is 9.50 Å². The zero-order valence-electron chi connectivity index (χ0n) is 20.0. The summed E-state index contributed by atoms with van der Waals surface area (Å²) in [5.41, 5.74) is 2.92. The Morgan fingerprint density at radius 2 is 1.71 bits per heavy atom. The fourth-order valence-corrected chi connectivity index (χ4v) is 6.03. The number of nitrogens with zero attached hydrogens (tertiary/aromatic N) is 5. The van der Waals surface area contributed by atoms with Crippen LogP contribution in [0, 0.1) is 0 Å². The third-order valence-corrected chi connectivity index (χ3v) is 8.21. The molecule has 0 radical (unpaired) electrons. The average molecular weight is 564 g/mol. The highest BCUT2D eigenvalue weighted by Crippen LogP contribution is 2.32. The van der Waals surface area contributed by atoms with Gasteiger partial charge in [-0.25, -0.2) is 4.98 Å². The largest absolute Gasteiger partial charge is 0.495 e. The van der Waals surface area contributed by atoms with Crippen LogP contribution in [-0.2, 0) is 9.59 Å². The number of rotatable bonds is 10. The Balaban J connectivity index is 1.15. The van der Waals surface area contributed by atoms with Gasteiger partial charge in [0.15, 0.2) is 4.34 Å². The molecule has 2 aromatic heterocycles. The minimum atomic E-state index is -0.177. The predicted octanol–water partition coefficient (Wildman–Crippen LogP) is 4.74. The number of anilines is 2. The number of hydrogen-bond donors (Lipinski definition) is 2. The van der Waals surface area contributed by atoms with Gasteiger partial charge in [-0.15, -0.1) is 16.4 Å². The first kappa shape index (κ1) is 25.7. The van der Waals surface area contributed by atoms with Crippen LogP contribution in [0.3, 0.4) is 0 Å². The molecule has 13 heteroatoms. The van der Waals surface area contributed by atoms with E-state index in [1.54, 1.807) is 23.9 Å². The topological polar surface area (TPSA) is 124 Å². The maximum Gasteiger partial charge on any atom is 0.234 e. The molecule has 0 fully saturated rings. The minimum absolute atomic E-state index is 0.149. The lowest BCUT2D eigenvalue weighted by molar-refractivity contribution is -0.114. The summed E-state index contributed by atoms with van der Waals surface area (Å²) in [6, 6.07) is 22.3. The van der Waals surface area contributed by atoms with Gasteiger partial charge in [0.1, 0.15) is 5.75 Å². The SMILES string of the molecule is COc1ccccc1NC(=O)CSc1nc2ccc(NC(=O)CSc3nnnn3-c3ccccc3)cc2s1. The number of amides is 2. The highest BCUT2D eigenvalue weighted by Gasteiger charge is 2.13. The van der Waals surface area contributed by atoms with Crippen LogP contribution in [0.15, 0.2) is 82.3 Å². The van der Waals surface area contributed by atoms with Crippen LogP contribution in [0.25, 0.3) is 15.9 Å². The van der Waals surface area contributed by atoms with Crippen LogP contribution in [0.2, 0.25) is 0 Å². The summed E-state index contributed by atoms with van der Waals surface area (Å²) < 4.78 is 8.55. The predicted molar refractivity (Wildman–Crippen MR) is 150 cm³/mol. The minimum Gasteiger partial charge on any atom is -0.495 e. The van der Waals surface area contributed by atoms with Crippen LogP contribution in [0.5, 0.6) is 5.75 Å². The van der Waals surface area contributed by atoms with E-state index in [2.05, 4.69) is 31.1 Å². The second kappa shape index (κ2) is 12.1. The second-order valence-electron chi connectivity index (χ2n) is 7.75. The first-order chi connectivity index (χ1) is 18.6. The van der Waals surface area contributed by atoms with Crippen molar-refractivity contribution >= 4 is 68.3 Å². The van der Waals surface area contributed by atoms with Gasteiger partial charge in [0.2, 0.25) is 17.0 Å². The molecule has 0 aliphatic rings. The molecule has 0 unspecified atom stereocenters. The molecule has 0 spiro atoms. The van der Waals surface area contributed by atoms with E-state index in [1.165, 1.54) is 34.9 Å². The number of methoxy groups -OCH3 is 1. The molecule has 38 heavy (non-hydrogen) atoms. The first-order valence-corrected chi connectivity index (χ1v) is 14.1. The Hall–Kier alpha value is -3.94. The zero-order valence-corrected chi connectivity index (χ0v) is 22.5. The number of benzene rings is 3. The molecular formula is C25H21N7O3S3. The third kappa shape index (κ3) is 6.30. The van der Waals surface area contributed by atoms with Gasteiger partial charge in [-0.3, -0.25) is 9.59 Å². The summed E-state index contributed by atoms with van der Waals surface area (Å²) in [4.78, 5) is 29.6. The normalized spacial score (nSPS) is 10.9. The van der Waals surface area contributed by atoms with Gasteiger partial charge in [-0.2, -0.15) is 4.68 Å². The first-order valence-electron chi connectivity index (χ1n) is 11.3. The lowest BCUT2D eigenvalue weighted by atomic mass is 10.3. The highest BCUT2D eigenvalue weighted by molar-refractivity contribution is 8.01. The van der Waals surface area contributed by atoms with E-state index < -0.39 is 0 Å². The van der Waals surface area contributed by atoms with Crippen molar-refractivity contribution in [3.63, 3.8) is 0 Å². The van der Waals surface area contributed by atoms with Gasteiger partial charge in [-0.05, 0) is 52.9 Å². The van der Waals surface area contributed by atoms with Crippen LogP contribution in [0.4, 0.5) is 11.4 Å². The Morgan fingerprint density at radius 3 is 2.55 bits per heavy atom. The number of fused-ring (bicyclic) bond motifs is 1.